The fourth-order valence-electron chi connectivity index (χ4n) is 1.10. The first-order chi connectivity index (χ1) is 6.25. The molecule has 0 unspecified atom stereocenters. The Bertz CT molecular complexity index is 397. The number of benzene rings is 1. The van der Waals surface area contributed by atoms with Crippen LogP contribution in [0.5, 0.6) is 0 Å². The Labute approximate surface area is 82.2 Å². The zero-order chi connectivity index (χ0) is 9.84. The molecule has 4 heteroatoms. The van der Waals surface area contributed by atoms with E-state index in [2.05, 4.69) is 22.6 Å². The maximum atomic E-state index is 7.00. The summed E-state index contributed by atoms with van der Waals surface area (Å²) in [6.45, 7) is 2.05. The molecule has 2 rings (SSSR count). The van der Waals surface area contributed by atoms with Crippen molar-refractivity contribution < 1.29 is 5.11 Å². The van der Waals surface area contributed by atoms with Gasteiger partial charge in [0.05, 0.1) is 11.0 Å². The van der Waals surface area contributed by atoms with E-state index in [0.717, 1.165) is 18.1 Å². The van der Waals surface area contributed by atoms with Gasteiger partial charge in [0.25, 0.3) is 0 Å². The number of aliphatic hydroxyl groups is 1. The van der Waals surface area contributed by atoms with Gasteiger partial charge < -0.3 is 10.1 Å². The summed E-state index contributed by atoms with van der Waals surface area (Å²) in [5.41, 5.74) is 3.24. The molecule has 70 valence electrons. The van der Waals surface area contributed by atoms with E-state index >= 15 is 0 Å². The Balaban J connectivity index is 0.000000396. The van der Waals surface area contributed by atoms with E-state index in [1.807, 2.05) is 25.1 Å². The number of aromatic amines is 1. The summed E-state index contributed by atoms with van der Waals surface area (Å²) in [6.07, 6.45) is 0. The van der Waals surface area contributed by atoms with Crippen molar-refractivity contribution in [3.8, 4) is 0 Å². The number of nitrogens with zero attached hydrogens (tertiary/aromatic N) is 1. The molecular weight excluding hydrogens is 184 g/mol. The van der Waals surface area contributed by atoms with Crippen molar-refractivity contribution in [1.29, 1.82) is 0 Å². The summed E-state index contributed by atoms with van der Waals surface area (Å²) in [6, 6.07) is 6.09. The number of rotatable bonds is 0. The number of fused-ring (bicyclic) bond motifs is 1. The summed E-state index contributed by atoms with van der Waals surface area (Å²) in [7, 11) is 1.00. The topological polar surface area (TPSA) is 48.9 Å². The molecule has 2 aromatic rings. The van der Waals surface area contributed by atoms with E-state index in [1.165, 1.54) is 5.56 Å². The summed E-state index contributed by atoms with van der Waals surface area (Å²) < 4.78 is 0. The van der Waals surface area contributed by atoms with Crippen LogP contribution in [0.2, 0.25) is 0 Å². The molecule has 1 heterocycles. The van der Waals surface area contributed by atoms with Gasteiger partial charge in [0.2, 0.25) is 0 Å². The minimum atomic E-state index is 0.672. The van der Waals surface area contributed by atoms with Gasteiger partial charge in [-0.15, -0.1) is 12.6 Å². The van der Waals surface area contributed by atoms with Crippen LogP contribution in [-0.2, 0) is 0 Å². The first-order valence-electron chi connectivity index (χ1n) is 3.86. The zero-order valence-electron chi connectivity index (χ0n) is 7.57. The average Bonchev–Trinajstić information content (AvgIpc) is 2.48. The molecular formula is C9H12N2OS. The SMILES string of the molecule is CO.Cc1ccc2[nH]c(S)nc2c1. The highest BCUT2D eigenvalue weighted by atomic mass is 32.1. The number of aromatic nitrogens is 2. The van der Waals surface area contributed by atoms with Crippen molar-refractivity contribution >= 4 is 23.7 Å². The van der Waals surface area contributed by atoms with Crippen molar-refractivity contribution in [3.05, 3.63) is 23.8 Å². The first-order valence-corrected chi connectivity index (χ1v) is 4.30. The number of hydrogen-bond donors (Lipinski definition) is 3. The van der Waals surface area contributed by atoms with Gasteiger partial charge in [0.15, 0.2) is 5.16 Å². The highest BCUT2D eigenvalue weighted by Crippen LogP contribution is 2.14. The van der Waals surface area contributed by atoms with Crippen molar-refractivity contribution in [2.75, 3.05) is 7.11 Å². The predicted octanol–water partition coefficient (Wildman–Crippen LogP) is 1.77. The third-order valence-corrected chi connectivity index (χ3v) is 1.84. The molecule has 0 saturated heterocycles. The highest BCUT2D eigenvalue weighted by molar-refractivity contribution is 7.80. The molecule has 0 aliphatic carbocycles. The molecule has 0 fully saturated rings. The van der Waals surface area contributed by atoms with Crippen molar-refractivity contribution in [1.82, 2.24) is 9.97 Å². The molecule has 13 heavy (non-hydrogen) atoms. The molecule has 3 nitrogen and oxygen atoms in total. The van der Waals surface area contributed by atoms with Gasteiger partial charge in [0.1, 0.15) is 0 Å². The Morgan fingerprint density at radius 1 is 1.38 bits per heavy atom. The van der Waals surface area contributed by atoms with Gasteiger partial charge in [0, 0.05) is 7.11 Å². The quantitative estimate of drug-likeness (QED) is 0.562. The van der Waals surface area contributed by atoms with Crippen LogP contribution in [0.3, 0.4) is 0 Å². The second kappa shape index (κ2) is 4.30. The molecule has 0 amide bonds. The standard InChI is InChI=1S/C8H8N2S.CH4O/c1-5-2-3-6-7(4-5)10-8(11)9-6;1-2/h2-4H,1H3,(H2,9,10,11);2H,1H3. The van der Waals surface area contributed by atoms with Crippen LogP contribution in [0.15, 0.2) is 23.4 Å². The van der Waals surface area contributed by atoms with Gasteiger partial charge >= 0.3 is 0 Å². The summed E-state index contributed by atoms with van der Waals surface area (Å²) in [4.78, 5) is 7.22. The molecule has 2 N–H and O–H groups in total. The van der Waals surface area contributed by atoms with E-state index < -0.39 is 0 Å². The van der Waals surface area contributed by atoms with Gasteiger partial charge in [-0.2, -0.15) is 0 Å². The molecule has 0 aliphatic rings. The second-order valence-corrected chi connectivity index (χ2v) is 3.00. The Morgan fingerprint density at radius 2 is 2.08 bits per heavy atom. The van der Waals surface area contributed by atoms with E-state index in [-0.39, 0.29) is 0 Å². The van der Waals surface area contributed by atoms with E-state index in [1.54, 1.807) is 0 Å². The lowest BCUT2D eigenvalue weighted by Gasteiger charge is -1.88. The highest BCUT2D eigenvalue weighted by Gasteiger charge is 1.97. The molecule has 0 saturated carbocycles. The maximum absolute atomic E-state index is 7.00. The number of thiol groups is 1. The third kappa shape index (κ3) is 2.23. The van der Waals surface area contributed by atoms with Crippen LogP contribution in [0.1, 0.15) is 5.56 Å². The van der Waals surface area contributed by atoms with Gasteiger partial charge in [-0.1, -0.05) is 6.07 Å². The molecule has 0 radical (unpaired) electrons. The molecule has 0 bridgehead atoms. The summed E-state index contributed by atoms with van der Waals surface area (Å²) >= 11 is 4.11. The summed E-state index contributed by atoms with van der Waals surface area (Å²) in [5, 5.41) is 7.67. The average molecular weight is 196 g/mol. The Morgan fingerprint density at radius 3 is 2.77 bits per heavy atom. The minimum Gasteiger partial charge on any atom is -0.400 e. The monoisotopic (exact) mass is 196 g/mol. The third-order valence-electron chi connectivity index (χ3n) is 1.63. The zero-order valence-corrected chi connectivity index (χ0v) is 8.47. The fourth-order valence-corrected chi connectivity index (χ4v) is 1.33. The second-order valence-electron chi connectivity index (χ2n) is 2.58. The number of aliphatic hydroxyl groups excluding tert-OH is 1. The van der Waals surface area contributed by atoms with Crippen LogP contribution in [-0.4, -0.2) is 22.2 Å². The lowest BCUT2D eigenvalue weighted by Crippen LogP contribution is -1.71. The predicted molar refractivity (Wildman–Crippen MR) is 56.2 cm³/mol. The van der Waals surface area contributed by atoms with Crippen LogP contribution < -0.4 is 0 Å². The Hall–Kier alpha value is -1.00. The van der Waals surface area contributed by atoms with Crippen molar-refractivity contribution in [2.45, 2.75) is 12.1 Å². The summed E-state index contributed by atoms with van der Waals surface area (Å²) in [5.74, 6) is 0. The Kier molecular flexibility index (Phi) is 3.33. The number of hydrogen-bond acceptors (Lipinski definition) is 3. The minimum absolute atomic E-state index is 0.672. The fraction of sp³-hybridized carbons (Fsp3) is 0.222. The molecule has 0 aliphatic heterocycles. The number of aryl methyl sites for hydroxylation is 1. The van der Waals surface area contributed by atoms with E-state index in [4.69, 9.17) is 5.11 Å². The van der Waals surface area contributed by atoms with Gasteiger partial charge in [-0.3, -0.25) is 0 Å². The number of imidazole rings is 1. The molecule has 0 spiro atoms. The lowest BCUT2D eigenvalue weighted by atomic mass is 10.2. The van der Waals surface area contributed by atoms with Crippen LogP contribution in [0.4, 0.5) is 0 Å². The molecule has 1 aromatic carbocycles. The number of nitrogens with one attached hydrogen (secondary N) is 1. The molecule has 0 atom stereocenters. The van der Waals surface area contributed by atoms with Crippen molar-refractivity contribution in [3.63, 3.8) is 0 Å². The smallest absolute Gasteiger partial charge is 0.163 e. The van der Waals surface area contributed by atoms with Crippen LogP contribution >= 0.6 is 12.6 Å². The van der Waals surface area contributed by atoms with E-state index in [9.17, 15) is 0 Å². The van der Waals surface area contributed by atoms with Crippen molar-refractivity contribution in [2.24, 2.45) is 0 Å². The maximum Gasteiger partial charge on any atom is 0.163 e. The molecule has 1 aromatic heterocycles. The van der Waals surface area contributed by atoms with Gasteiger partial charge in [-0.25, -0.2) is 4.98 Å². The first kappa shape index (κ1) is 10.1. The van der Waals surface area contributed by atoms with Crippen LogP contribution in [0, 0.1) is 6.92 Å². The normalized spacial score (nSPS) is 9.54. The van der Waals surface area contributed by atoms with E-state index in [0.29, 0.717) is 5.16 Å². The largest absolute Gasteiger partial charge is 0.400 e. The lowest BCUT2D eigenvalue weighted by molar-refractivity contribution is 0.399. The number of H-pyrrole nitrogens is 1. The van der Waals surface area contributed by atoms with Gasteiger partial charge in [-0.05, 0) is 24.6 Å². The van der Waals surface area contributed by atoms with Crippen LogP contribution in [0.25, 0.3) is 11.0 Å².